The van der Waals surface area contributed by atoms with Gasteiger partial charge in [0.2, 0.25) is 0 Å². The molecule has 0 saturated carbocycles. The number of rotatable bonds is 3. The highest BCUT2D eigenvalue weighted by Gasteiger charge is 2.09. The lowest BCUT2D eigenvalue weighted by molar-refractivity contribution is 1.12. The molecule has 2 unspecified atom stereocenters. The average Bonchev–Trinajstić information content (AvgIpc) is 2.26. The van der Waals surface area contributed by atoms with Crippen molar-refractivity contribution in [1.29, 1.82) is 10.5 Å². The first-order chi connectivity index (χ1) is 6.81. The van der Waals surface area contributed by atoms with E-state index in [1.54, 1.807) is 12.1 Å². The van der Waals surface area contributed by atoms with Crippen LogP contribution in [0.1, 0.15) is 16.4 Å². The fraction of sp³-hybridized carbons (Fsp3) is 0.200. The Morgan fingerprint density at radius 2 is 1.93 bits per heavy atom. The summed E-state index contributed by atoms with van der Waals surface area (Å²) in [6.45, 7) is 0. The van der Waals surface area contributed by atoms with Crippen LogP contribution < -0.4 is 0 Å². The molecule has 70 valence electrons. The van der Waals surface area contributed by atoms with Crippen LogP contribution in [0.5, 0.6) is 0 Å². The van der Waals surface area contributed by atoms with E-state index in [0.29, 0.717) is 5.56 Å². The van der Waals surface area contributed by atoms with E-state index in [-0.39, 0.29) is 5.25 Å². The molecule has 14 heavy (non-hydrogen) atoms. The highest BCUT2D eigenvalue weighted by Crippen LogP contribution is 2.29. The SMILES string of the molecule is N#CSC(CP)c1ccc(C#N)cc1. The van der Waals surface area contributed by atoms with Crippen LogP contribution in [0.25, 0.3) is 0 Å². The summed E-state index contributed by atoms with van der Waals surface area (Å²) >= 11 is 1.24. The zero-order valence-electron chi connectivity index (χ0n) is 7.47. The van der Waals surface area contributed by atoms with Crippen LogP contribution in [0.15, 0.2) is 24.3 Å². The fourth-order valence-electron chi connectivity index (χ4n) is 1.09. The van der Waals surface area contributed by atoms with Gasteiger partial charge in [0, 0.05) is 5.25 Å². The molecule has 0 aliphatic rings. The number of hydrogen-bond acceptors (Lipinski definition) is 3. The van der Waals surface area contributed by atoms with E-state index in [9.17, 15) is 0 Å². The molecule has 0 aliphatic carbocycles. The Kier molecular flexibility index (Phi) is 4.47. The van der Waals surface area contributed by atoms with Gasteiger partial charge < -0.3 is 0 Å². The van der Waals surface area contributed by atoms with Crippen molar-refractivity contribution in [3.05, 3.63) is 35.4 Å². The lowest BCUT2D eigenvalue weighted by Crippen LogP contribution is -1.93. The summed E-state index contributed by atoms with van der Waals surface area (Å²) in [4.78, 5) is 0. The van der Waals surface area contributed by atoms with Crippen molar-refractivity contribution in [2.75, 3.05) is 6.16 Å². The van der Waals surface area contributed by atoms with Gasteiger partial charge in [-0.05, 0) is 35.6 Å². The molecule has 1 aromatic carbocycles. The molecule has 0 bridgehead atoms. The molecule has 0 spiro atoms. The van der Waals surface area contributed by atoms with Gasteiger partial charge in [0.25, 0.3) is 0 Å². The Balaban J connectivity index is 2.86. The van der Waals surface area contributed by atoms with Gasteiger partial charge in [-0.3, -0.25) is 0 Å². The summed E-state index contributed by atoms with van der Waals surface area (Å²) in [5.41, 5.74) is 1.74. The number of thiocyanates is 1. The van der Waals surface area contributed by atoms with E-state index in [2.05, 4.69) is 20.7 Å². The second-order valence-corrected chi connectivity index (χ2v) is 4.13. The molecule has 2 atom stereocenters. The Morgan fingerprint density at radius 1 is 1.29 bits per heavy atom. The van der Waals surface area contributed by atoms with E-state index < -0.39 is 0 Å². The van der Waals surface area contributed by atoms with Crippen molar-refractivity contribution in [3.8, 4) is 11.5 Å². The standard InChI is InChI=1S/C10H9N2PS/c11-5-8-1-3-9(4-2-8)10(6-13)14-7-12/h1-4,10H,6,13H2. The molecule has 0 aromatic heterocycles. The number of benzene rings is 1. The smallest absolute Gasteiger partial charge is 0.133 e. The summed E-state index contributed by atoms with van der Waals surface area (Å²) in [5.74, 6) is 0. The van der Waals surface area contributed by atoms with Gasteiger partial charge in [0.15, 0.2) is 0 Å². The van der Waals surface area contributed by atoms with Crippen LogP contribution in [0.2, 0.25) is 0 Å². The first kappa shape index (κ1) is 11.1. The molecular formula is C10H9N2PS. The Morgan fingerprint density at radius 3 is 2.36 bits per heavy atom. The average molecular weight is 220 g/mol. The van der Waals surface area contributed by atoms with Crippen molar-refractivity contribution >= 4 is 21.0 Å². The van der Waals surface area contributed by atoms with Crippen molar-refractivity contribution in [1.82, 2.24) is 0 Å². The quantitative estimate of drug-likeness (QED) is 0.581. The van der Waals surface area contributed by atoms with Crippen LogP contribution in [0.4, 0.5) is 0 Å². The van der Waals surface area contributed by atoms with Crippen molar-refractivity contribution in [2.45, 2.75) is 5.25 Å². The van der Waals surface area contributed by atoms with Gasteiger partial charge in [0.05, 0.1) is 11.6 Å². The lowest BCUT2D eigenvalue weighted by atomic mass is 10.1. The van der Waals surface area contributed by atoms with Crippen molar-refractivity contribution in [3.63, 3.8) is 0 Å². The molecule has 0 heterocycles. The number of hydrogen-bond donors (Lipinski definition) is 0. The molecule has 0 fully saturated rings. The zero-order valence-corrected chi connectivity index (χ0v) is 9.45. The Labute approximate surface area is 90.1 Å². The predicted octanol–water partition coefficient (Wildman–Crippen LogP) is 2.69. The summed E-state index contributed by atoms with van der Waals surface area (Å²) in [7, 11) is 2.63. The highest BCUT2D eigenvalue weighted by atomic mass is 32.2. The second kappa shape index (κ2) is 5.66. The van der Waals surface area contributed by atoms with E-state index in [0.717, 1.165) is 11.7 Å². The monoisotopic (exact) mass is 220 g/mol. The number of nitrogens with zero attached hydrogens (tertiary/aromatic N) is 2. The third kappa shape index (κ3) is 2.74. The molecule has 0 N–H and O–H groups in total. The van der Waals surface area contributed by atoms with E-state index in [1.165, 1.54) is 11.8 Å². The molecule has 0 saturated heterocycles. The summed E-state index contributed by atoms with van der Waals surface area (Å²) < 4.78 is 0. The Bertz CT molecular complexity index is 375. The minimum atomic E-state index is 0.178. The highest BCUT2D eigenvalue weighted by molar-refractivity contribution is 8.04. The molecule has 2 nitrogen and oxygen atoms in total. The molecular weight excluding hydrogens is 211 g/mol. The summed E-state index contributed by atoms with van der Waals surface area (Å²) in [6, 6.07) is 9.42. The van der Waals surface area contributed by atoms with Gasteiger partial charge in [0.1, 0.15) is 5.40 Å². The second-order valence-electron chi connectivity index (χ2n) is 2.67. The predicted molar refractivity (Wildman–Crippen MR) is 61.7 cm³/mol. The van der Waals surface area contributed by atoms with Crippen molar-refractivity contribution in [2.24, 2.45) is 0 Å². The van der Waals surface area contributed by atoms with E-state index >= 15 is 0 Å². The van der Waals surface area contributed by atoms with Crippen LogP contribution in [-0.4, -0.2) is 6.16 Å². The van der Waals surface area contributed by atoms with Crippen LogP contribution >= 0.6 is 21.0 Å². The minimum Gasteiger partial charge on any atom is -0.192 e. The van der Waals surface area contributed by atoms with Crippen LogP contribution in [-0.2, 0) is 0 Å². The molecule has 0 radical (unpaired) electrons. The molecule has 1 rings (SSSR count). The topological polar surface area (TPSA) is 47.6 Å². The number of thioether (sulfide) groups is 1. The number of nitriles is 2. The Hall–Kier alpha value is -1.02. The molecule has 0 aliphatic heterocycles. The van der Waals surface area contributed by atoms with E-state index in [1.807, 2.05) is 12.1 Å². The van der Waals surface area contributed by atoms with Gasteiger partial charge in [-0.2, -0.15) is 10.5 Å². The molecule has 1 aromatic rings. The maximum absolute atomic E-state index is 8.62. The largest absolute Gasteiger partial charge is 0.192 e. The zero-order chi connectivity index (χ0) is 10.4. The van der Waals surface area contributed by atoms with Gasteiger partial charge >= 0.3 is 0 Å². The lowest BCUT2D eigenvalue weighted by Gasteiger charge is -2.09. The normalized spacial score (nSPS) is 11.4. The first-order valence-corrected chi connectivity index (χ1v) is 5.76. The van der Waals surface area contributed by atoms with Crippen LogP contribution in [0, 0.1) is 22.0 Å². The first-order valence-electron chi connectivity index (χ1n) is 4.06. The molecule has 0 amide bonds. The van der Waals surface area contributed by atoms with Gasteiger partial charge in [-0.25, -0.2) is 0 Å². The van der Waals surface area contributed by atoms with E-state index in [4.69, 9.17) is 10.5 Å². The maximum atomic E-state index is 8.62. The van der Waals surface area contributed by atoms with Crippen molar-refractivity contribution < 1.29 is 0 Å². The van der Waals surface area contributed by atoms with Gasteiger partial charge in [-0.1, -0.05) is 12.1 Å². The third-order valence-corrected chi connectivity index (χ3v) is 3.49. The molecule has 4 heteroatoms. The fourth-order valence-corrected chi connectivity index (χ4v) is 2.17. The summed E-state index contributed by atoms with van der Waals surface area (Å²) in [5, 5.41) is 19.5. The van der Waals surface area contributed by atoms with Crippen LogP contribution in [0.3, 0.4) is 0 Å². The third-order valence-electron chi connectivity index (χ3n) is 1.82. The maximum Gasteiger partial charge on any atom is 0.133 e. The summed E-state index contributed by atoms with van der Waals surface area (Å²) in [6.07, 6.45) is 0.837. The van der Waals surface area contributed by atoms with Gasteiger partial charge in [-0.15, -0.1) is 9.24 Å². The minimum absolute atomic E-state index is 0.178.